The molecule has 0 aromatic heterocycles. The van der Waals surface area contributed by atoms with Crippen LogP contribution in [0.3, 0.4) is 0 Å². The molecule has 1 fully saturated rings. The molecule has 0 radical (unpaired) electrons. The van der Waals surface area contributed by atoms with E-state index >= 15 is 0 Å². The quantitative estimate of drug-likeness (QED) is 0.516. The van der Waals surface area contributed by atoms with E-state index in [4.69, 9.17) is 19.2 Å². The molecule has 0 unspecified atom stereocenters. The van der Waals surface area contributed by atoms with Gasteiger partial charge in [-0.25, -0.2) is 0 Å². The molecule has 0 spiro atoms. The Bertz CT molecular complexity index is 472. The van der Waals surface area contributed by atoms with Crippen LogP contribution in [0.15, 0.2) is 11.6 Å². The van der Waals surface area contributed by atoms with Crippen LogP contribution in [0.25, 0.3) is 0 Å². The smallest absolute Gasteiger partial charge is 0.191 e. The Morgan fingerprint density at radius 3 is 2.43 bits per heavy atom. The summed E-state index contributed by atoms with van der Waals surface area (Å²) in [5, 5.41) is 8.96. The largest absolute Gasteiger partial charge is 0.417 e. The molecule has 2 atom stereocenters. The van der Waals surface area contributed by atoms with Crippen molar-refractivity contribution >= 4 is 8.32 Å². The van der Waals surface area contributed by atoms with E-state index in [0.717, 1.165) is 12.0 Å². The number of nitriles is 1. The summed E-state index contributed by atoms with van der Waals surface area (Å²) < 4.78 is 18.3. The molecule has 1 aliphatic heterocycles. The Balaban J connectivity index is 2.68. The van der Waals surface area contributed by atoms with E-state index in [-0.39, 0.29) is 17.2 Å². The highest BCUT2D eigenvalue weighted by atomic mass is 28.4. The number of hydrogen-bond donors (Lipinski definition) is 0. The number of hydrogen-bond acceptors (Lipinski definition) is 4. The molecule has 0 bridgehead atoms. The van der Waals surface area contributed by atoms with E-state index in [1.165, 1.54) is 0 Å². The molecular weight excluding hydrogens is 306 g/mol. The van der Waals surface area contributed by atoms with Gasteiger partial charge in [0.05, 0.1) is 18.6 Å². The normalized spacial score (nSPS) is 25.4. The molecule has 1 aliphatic rings. The molecule has 23 heavy (non-hydrogen) atoms. The van der Waals surface area contributed by atoms with Crippen LogP contribution in [0.2, 0.25) is 18.1 Å². The maximum absolute atomic E-state index is 8.75. The Morgan fingerprint density at radius 1 is 1.30 bits per heavy atom. The molecule has 1 heterocycles. The average molecular weight is 340 g/mol. The van der Waals surface area contributed by atoms with Gasteiger partial charge in [0.15, 0.2) is 14.1 Å². The second-order valence-corrected chi connectivity index (χ2v) is 13.1. The Hall–Kier alpha value is -0.673. The van der Waals surface area contributed by atoms with Gasteiger partial charge in [0.1, 0.15) is 6.10 Å². The van der Waals surface area contributed by atoms with Gasteiger partial charge in [-0.05, 0) is 50.9 Å². The number of allylic oxidation sites excluding steroid dienone is 1. The van der Waals surface area contributed by atoms with Gasteiger partial charge in [-0.2, -0.15) is 5.26 Å². The third-order valence-corrected chi connectivity index (χ3v) is 9.36. The molecule has 132 valence electrons. The maximum atomic E-state index is 8.75. The SMILES string of the molecule is C/C(=C\CC#N)[C@@H]1OC(C)(C)O[C@H]1CCO[Si](C)(C)C(C)(C)C. The second-order valence-electron chi connectivity index (χ2n) is 8.30. The van der Waals surface area contributed by atoms with Crippen LogP contribution >= 0.6 is 0 Å². The molecular formula is C18H33NO3Si. The van der Waals surface area contributed by atoms with Crippen LogP contribution in [0.1, 0.15) is 54.4 Å². The molecule has 0 N–H and O–H groups in total. The van der Waals surface area contributed by atoms with Crippen molar-refractivity contribution in [2.24, 2.45) is 0 Å². The third-order valence-electron chi connectivity index (χ3n) is 4.82. The van der Waals surface area contributed by atoms with Crippen molar-refractivity contribution in [3.05, 3.63) is 11.6 Å². The van der Waals surface area contributed by atoms with E-state index in [2.05, 4.69) is 39.9 Å². The summed E-state index contributed by atoms with van der Waals surface area (Å²) in [6.07, 6.45) is 3.01. The third kappa shape index (κ3) is 5.72. The van der Waals surface area contributed by atoms with Crippen LogP contribution in [-0.4, -0.2) is 32.9 Å². The lowest BCUT2D eigenvalue weighted by Crippen LogP contribution is -2.41. The predicted octanol–water partition coefficient (Wildman–Crippen LogP) is 4.78. The first kappa shape index (κ1) is 20.4. The summed E-state index contributed by atoms with van der Waals surface area (Å²) in [5.41, 5.74) is 1.06. The zero-order valence-corrected chi connectivity index (χ0v) is 17.0. The second kappa shape index (κ2) is 7.48. The van der Waals surface area contributed by atoms with Crippen molar-refractivity contribution in [1.82, 2.24) is 0 Å². The minimum atomic E-state index is -1.74. The Morgan fingerprint density at radius 2 is 1.91 bits per heavy atom. The highest BCUT2D eigenvalue weighted by Gasteiger charge is 2.42. The van der Waals surface area contributed by atoms with Gasteiger partial charge in [0.2, 0.25) is 0 Å². The fourth-order valence-electron chi connectivity index (χ4n) is 2.40. The summed E-state index contributed by atoms with van der Waals surface area (Å²) in [6.45, 7) is 17.8. The van der Waals surface area contributed by atoms with Crippen molar-refractivity contribution in [3.8, 4) is 6.07 Å². The van der Waals surface area contributed by atoms with Gasteiger partial charge in [0, 0.05) is 6.61 Å². The highest BCUT2D eigenvalue weighted by molar-refractivity contribution is 6.74. The van der Waals surface area contributed by atoms with E-state index in [0.29, 0.717) is 13.0 Å². The van der Waals surface area contributed by atoms with Gasteiger partial charge in [0.25, 0.3) is 0 Å². The summed E-state index contributed by atoms with van der Waals surface area (Å²) in [4.78, 5) is 0. The predicted molar refractivity (Wildman–Crippen MR) is 95.6 cm³/mol. The van der Waals surface area contributed by atoms with Gasteiger partial charge in [-0.15, -0.1) is 0 Å². The molecule has 0 aliphatic carbocycles. The fraction of sp³-hybridized carbons (Fsp3) is 0.833. The molecule has 5 heteroatoms. The van der Waals surface area contributed by atoms with Crippen LogP contribution in [0.5, 0.6) is 0 Å². The number of nitrogens with zero attached hydrogens (tertiary/aromatic N) is 1. The monoisotopic (exact) mass is 339 g/mol. The highest BCUT2D eigenvalue weighted by Crippen LogP contribution is 2.38. The van der Waals surface area contributed by atoms with Crippen LogP contribution < -0.4 is 0 Å². The van der Waals surface area contributed by atoms with E-state index in [1.54, 1.807) is 0 Å². The van der Waals surface area contributed by atoms with Crippen LogP contribution in [0, 0.1) is 11.3 Å². The minimum Gasteiger partial charge on any atom is -0.417 e. The van der Waals surface area contributed by atoms with Crippen molar-refractivity contribution in [3.63, 3.8) is 0 Å². The van der Waals surface area contributed by atoms with Gasteiger partial charge in [-0.3, -0.25) is 0 Å². The maximum Gasteiger partial charge on any atom is 0.191 e. The van der Waals surface area contributed by atoms with Crippen molar-refractivity contribution in [1.29, 1.82) is 5.26 Å². The van der Waals surface area contributed by atoms with E-state index < -0.39 is 14.1 Å². The van der Waals surface area contributed by atoms with Crippen molar-refractivity contribution in [2.75, 3.05) is 6.61 Å². The van der Waals surface area contributed by atoms with Gasteiger partial charge < -0.3 is 13.9 Å². The zero-order chi connectivity index (χ0) is 17.9. The van der Waals surface area contributed by atoms with E-state index in [1.807, 2.05) is 26.8 Å². The Labute approximate surface area is 142 Å². The number of rotatable bonds is 6. The molecule has 4 nitrogen and oxygen atoms in total. The summed E-state index contributed by atoms with van der Waals surface area (Å²) in [6, 6.07) is 2.15. The van der Waals surface area contributed by atoms with Gasteiger partial charge in [-0.1, -0.05) is 26.8 Å². The topological polar surface area (TPSA) is 51.5 Å². The molecule has 0 amide bonds. The average Bonchev–Trinajstić information content (AvgIpc) is 2.70. The summed E-state index contributed by atoms with van der Waals surface area (Å²) >= 11 is 0. The lowest BCUT2D eigenvalue weighted by atomic mass is 10.0. The van der Waals surface area contributed by atoms with E-state index in [9.17, 15) is 0 Å². The lowest BCUT2D eigenvalue weighted by molar-refractivity contribution is -0.144. The summed E-state index contributed by atoms with van der Waals surface area (Å²) in [5.74, 6) is -0.589. The minimum absolute atomic E-state index is 0.0234. The number of ether oxygens (including phenoxy) is 2. The lowest BCUT2D eigenvalue weighted by Gasteiger charge is -2.36. The molecule has 1 rings (SSSR count). The van der Waals surface area contributed by atoms with Crippen molar-refractivity contribution < 1.29 is 13.9 Å². The van der Waals surface area contributed by atoms with Gasteiger partial charge >= 0.3 is 0 Å². The molecule has 0 aromatic rings. The van der Waals surface area contributed by atoms with Crippen molar-refractivity contribution in [2.45, 2.75) is 90.5 Å². The zero-order valence-electron chi connectivity index (χ0n) is 16.0. The van der Waals surface area contributed by atoms with Crippen LogP contribution in [0.4, 0.5) is 0 Å². The first-order valence-corrected chi connectivity index (χ1v) is 11.3. The molecule has 0 aromatic carbocycles. The first-order chi connectivity index (χ1) is 10.4. The summed E-state index contributed by atoms with van der Waals surface area (Å²) in [7, 11) is -1.74. The molecule has 1 saturated heterocycles. The molecule has 0 saturated carbocycles. The Kier molecular flexibility index (Phi) is 6.62. The van der Waals surface area contributed by atoms with Crippen LogP contribution in [-0.2, 0) is 13.9 Å². The fourth-order valence-corrected chi connectivity index (χ4v) is 3.46. The first-order valence-electron chi connectivity index (χ1n) is 8.43. The standard InChI is InChI=1S/C18H33NO3Si/c1-14(10-9-12-19)16-15(21-18(5,6)22-16)11-13-20-23(7,8)17(2,3)4/h10,15-16H,9,11,13H2,1-8H3/b14-10+/t15-,16-/m0/s1.